The number of hydrogen-bond donors (Lipinski definition) is 3. The van der Waals surface area contributed by atoms with E-state index in [0.29, 0.717) is 42.3 Å². The number of anilines is 1. The molecule has 1 saturated heterocycles. The molecule has 54 heavy (non-hydrogen) atoms. The van der Waals surface area contributed by atoms with E-state index < -0.39 is 16.9 Å². The molecule has 0 aromatic heterocycles. The molecule has 7 fully saturated rings. The van der Waals surface area contributed by atoms with E-state index in [9.17, 15) is 19.8 Å². The fraction of sp³-hybridized carbons (Fsp3) is 0.667. The lowest BCUT2D eigenvalue weighted by Crippen LogP contribution is -2.67. The SMILES string of the molecule is CC(CC(O)C1OC1(C)C1CCCC1c1cccc(N)c1)C1=C2CCC3C4(C)CC5(c6cccc(O)c6)CCC(CC3(C)C2(C)CC1=O)C4C(C)(C)C5=O. The predicted molar refractivity (Wildman–Crippen MR) is 212 cm³/mol. The Morgan fingerprint density at radius 3 is 2.46 bits per heavy atom. The van der Waals surface area contributed by atoms with Crippen LogP contribution >= 0.6 is 0 Å². The molecular weight excluding hydrogens is 671 g/mol. The summed E-state index contributed by atoms with van der Waals surface area (Å²) < 4.78 is 6.48. The standard InChI is InChI=1S/C48H63NO5/c1-27(21-36(51)41-47(7,54-41)34-16-10-15-33(34)28-11-8-13-31(49)22-28)39-35-17-18-38-44(4)26-48(30-12-9-14-32(50)23-30)20-19-29(40(44)43(2,3)42(48)53)24-46(38,6)45(35,5)25-37(39)52/h8-9,11-14,22-23,27,29,33-34,36,38,40-41,50-51H,10,15-21,24-26,49H2,1-7H3. The summed E-state index contributed by atoms with van der Waals surface area (Å²) in [6, 6.07) is 15.8. The minimum absolute atomic E-state index is 0.0470. The summed E-state index contributed by atoms with van der Waals surface area (Å²) in [5.41, 5.74) is 9.67. The Hall–Kier alpha value is -2.96. The van der Waals surface area contributed by atoms with Crippen LogP contribution in [-0.4, -0.2) is 39.6 Å². The van der Waals surface area contributed by atoms with E-state index in [4.69, 9.17) is 10.5 Å². The van der Waals surface area contributed by atoms with Gasteiger partial charge in [0.25, 0.3) is 0 Å². The number of nitrogen functional groups attached to an aromatic ring is 1. The Balaban J connectivity index is 0.998. The Kier molecular flexibility index (Phi) is 8.00. The van der Waals surface area contributed by atoms with E-state index >= 15 is 0 Å². The number of aromatic hydroxyl groups is 1. The smallest absolute Gasteiger partial charge is 0.159 e. The summed E-state index contributed by atoms with van der Waals surface area (Å²) in [5.74, 6) is 2.57. The van der Waals surface area contributed by atoms with Crippen molar-refractivity contribution in [1.82, 2.24) is 0 Å². The number of nitrogens with two attached hydrogens (primary N) is 1. The van der Waals surface area contributed by atoms with Crippen LogP contribution in [0.25, 0.3) is 0 Å². The monoisotopic (exact) mass is 733 g/mol. The molecule has 13 atom stereocenters. The van der Waals surface area contributed by atoms with Crippen molar-refractivity contribution in [3.05, 3.63) is 70.8 Å². The quantitative estimate of drug-likeness (QED) is 0.193. The van der Waals surface area contributed by atoms with Gasteiger partial charge >= 0.3 is 0 Å². The van der Waals surface area contributed by atoms with Crippen molar-refractivity contribution in [1.29, 1.82) is 0 Å². The second kappa shape index (κ2) is 11.8. The van der Waals surface area contributed by atoms with Crippen molar-refractivity contribution in [2.75, 3.05) is 5.73 Å². The highest BCUT2D eigenvalue weighted by molar-refractivity contribution is 6.01. The molecule has 6 heteroatoms. The lowest BCUT2D eigenvalue weighted by molar-refractivity contribution is -0.201. The van der Waals surface area contributed by atoms with Crippen LogP contribution in [0.4, 0.5) is 5.69 Å². The van der Waals surface area contributed by atoms with Crippen LogP contribution in [-0.2, 0) is 19.7 Å². The molecule has 8 aliphatic rings. The lowest BCUT2D eigenvalue weighted by atomic mass is 9.33. The van der Waals surface area contributed by atoms with Gasteiger partial charge in [-0.3, -0.25) is 9.59 Å². The summed E-state index contributed by atoms with van der Waals surface area (Å²) in [6.07, 6.45) is 9.14. The Labute approximate surface area is 322 Å². The molecule has 290 valence electrons. The van der Waals surface area contributed by atoms with Gasteiger partial charge in [0.05, 0.1) is 17.1 Å². The molecule has 2 aromatic carbocycles. The number of epoxide rings is 1. The van der Waals surface area contributed by atoms with Gasteiger partial charge in [-0.25, -0.2) is 0 Å². The van der Waals surface area contributed by atoms with E-state index in [1.54, 1.807) is 6.07 Å². The largest absolute Gasteiger partial charge is 0.508 e. The van der Waals surface area contributed by atoms with Crippen LogP contribution in [0.5, 0.6) is 5.75 Å². The summed E-state index contributed by atoms with van der Waals surface area (Å²) in [7, 11) is 0. The number of ether oxygens (including phenoxy) is 1. The third-order valence-corrected chi connectivity index (χ3v) is 17.9. The minimum atomic E-state index is -0.632. The first-order valence-corrected chi connectivity index (χ1v) is 21.2. The lowest BCUT2D eigenvalue weighted by Gasteiger charge is -2.70. The van der Waals surface area contributed by atoms with Crippen LogP contribution in [0.15, 0.2) is 59.7 Å². The minimum Gasteiger partial charge on any atom is -0.508 e. The zero-order chi connectivity index (χ0) is 38.4. The molecule has 0 spiro atoms. The average Bonchev–Trinajstić information content (AvgIpc) is 3.46. The van der Waals surface area contributed by atoms with Gasteiger partial charge in [-0.15, -0.1) is 0 Å². The molecule has 0 amide bonds. The fourth-order valence-electron chi connectivity index (χ4n) is 16.0. The number of hydrogen-bond acceptors (Lipinski definition) is 6. The number of carbonyl (C=O) groups excluding carboxylic acids is 2. The van der Waals surface area contributed by atoms with Gasteiger partial charge in [0.2, 0.25) is 0 Å². The third kappa shape index (κ3) is 4.77. The molecule has 13 unspecified atom stereocenters. The molecule has 1 aliphatic heterocycles. The first-order chi connectivity index (χ1) is 25.4. The molecule has 6 saturated carbocycles. The van der Waals surface area contributed by atoms with E-state index in [2.05, 4.69) is 66.7 Å². The Morgan fingerprint density at radius 1 is 0.963 bits per heavy atom. The number of carbonyl (C=O) groups is 2. The number of benzene rings is 2. The second-order valence-electron chi connectivity index (χ2n) is 20.9. The average molecular weight is 734 g/mol. The number of allylic oxidation sites excluding steroid dienone is 2. The molecule has 6 nitrogen and oxygen atoms in total. The second-order valence-corrected chi connectivity index (χ2v) is 20.9. The molecule has 4 N–H and O–H groups in total. The van der Waals surface area contributed by atoms with Crippen LogP contribution < -0.4 is 5.73 Å². The summed E-state index contributed by atoms with van der Waals surface area (Å²) in [5, 5.41) is 22.4. The van der Waals surface area contributed by atoms with Gasteiger partial charge in [0.1, 0.15) is 17.6 Å². The topological polar surface area (TPSA) is 113 Å². The molecule has 4 bridgehead atoms. The van der Waals surface area contributed by atoms with Crippen molar-refractivity contribution in [3.63, 3.8) is 0 Å². The number of Topliss-reactive ketones (excluding diaryl/α,β-unsaturated/α-hetero) is 2. The molecule has 2 aromatic rings. The van der Waals surface area contributed by atoms with Crippen LogP contribution in [0.2, 0.25) is 0 Å². The Morgan fingerprint density at radius 2 is 1.72 bits per heavy atom. The molecular formula is C48H63NO5. The number of phenolic OH excluding ortho intramolecular Hbond substituents is 1. The van der Waals surface area contributed by atoms with Crippen molar-refractivity contribution < 1.29 is 24.5 Å². The first-order valence-electron chi connectivity index (χ1n) is 21.2. The molecule has 7 aliphatic carbocycles. The van der Waals surface area contributed by atoms with Gasteiger partial charge < -0.3 is 20.7 Å². The maximum absolute atomic E-state index is 14.8. The van der Waals surface area contributed by atoms with Crippen molar-refractivity contribution in [3.8, 4) is 5.75 Å². The van der Waals surface area contributed by atoms with Crippen LogP contribution in [0.1, 0.15) is 136 Å². The number of phenols is 1. The normalized spacial score (nSPS) is 44.4. The number of rotatable bonds is 7. The fourth-order valence-corrected chi connectivity index (χ4v) is 16.0. The maximum Gasteiger partial charge on any atom is 0.159 e. The van der Waals surface area contributed by atoms with Gasteiger partial charge in [-0.2, -0.15) is 0 Å². The predicted octanol–water partition coefficient (Wildman–Crippen LogP) is 9.47. The van der Waals surface area contributed by atoms with Gasteiger partial charge in [-0.1, -0.05) is 77.8 Å². The maximum atomic E-state index is 14.8. The highest BCUT2D eigenvalue weighted by atomic mass is 16.6. The van der Waals surface area contributed by atoms with Gasteiger partial charge in [0.15, 0.2) is 5.78 Å². The van der Waals surface area contributed by atoms with E-state index in [0.717, 1.165) is 74.6 Å². The van der Waals surface area contributed by atoms with E-state index in [-0.39, 0.29) is 51.3 Å². The summed E-state index contributed by atoms with van der Waals surface area (Å²) >= 11 is 0. The number of ketones is 2. The Bertz CT molecular complexity index is 1950. The highest BCUT2D eigenvalue weighted by Crippen LogP contribution is 2.78. The van der Waals surface area contributed by atoms with Gasteiger partial charge in [-0.05, 0) is 152 Å². The zero-order valence-electron chi connectivity index (χ0n) is 33.7. The zero-order valence-corrected chi connectivity index (χ0v) is 33.7. The summed E-state index contributed by atoms with van der Waals surface area (Å²) in [6.45, 7) is 16.2. The number of aliphatic hydroxyl groups is 1. The van der Waals surface area contributed by atoms with Crippen LogP contribution in [0, 0.1) is 51.2 Å². The molecule has 0 radical (unpaired) electrons. The highest BCUT2D eigenvalue weighted by Gasteiger charge is 2.74. The third-order valence-electron chi connectivity index (χ3n) is 17.9. The van der Waals surface area contributed by atoms with Crippen molar-refractivity contribution >= 4 is 17.3 Å². The molecule has 10 rings (SSSR count). The van der Waals surface area contributed by atoms with Crippen molar-refractivity contribution in [2.45, 2.75) is 148 Å². The van der Waals surface area contributed by atoms with E-state index in [1.165, 1.54) is 11.1 Å². The van der Waals surface area contributed by atoms with Crippen LogP contribution in [0.3, 0.4) is 0 Å². The number of fused-ring (bicyclic) bond motifs is 5. The first kappa shape index (κ1) is 36.7. The molecule has 1 heterocycles. The van der Waals surface area contributed by atoms with Crippen molar-refractivity contribution in [2.24, 2.45) is 51.2 Å². The van der Waals surface area contributed by atoms with Gasteiger partial charge in [0, 0.05) is 22.9 Å². The number of aliphatic hydroxyl groups excluding tert-OH is 1. The van der Waals surface area contributed by atoms with E-state index in [1.807, 2.05) is 24.3 Å². The summed E-state index contributed by atoms with van der Waals surface area (Å²) in [4.78, 5) is 29.2.